The molecule has 1 amide bonds. The Balaban J connectivity index is 1.80. The number of fused-ring (bicyclic) bond motifs is 1. The van der Waals surface area contributed by atoms with Crippen LogP contribution in [0.4, 0.5) is 18.9 Å². The van der Waals surface area contributed by atoms with Crippen LogP contribution in [0.15, 0.2) is 48.5 Å². The number of alkyl halides is 3. The lowest BCUT2D eigenvalue weighted by Crippen LogP contribution is -2.38. The lowest BCUT2D eigenvalue weighted by molar-refractivity contribution is -0.274. The second-order valence-corrected chi connectivity index (χ2v) is 4.71. The number of nitrogens with one attached hydrogen (secondary N) is 2. The number of rotatable bonds is 2. The Morgan fingerprint density at radius 2 is 1.64 bits per heavy atom. The highest BCUT2D eigenvalue weighted by molar-refractivity contribution is 6.01. The molecule has 0 bridgehead atoms. The second-order valence-electron chi connectivity index (χ2n) is 4.71. The molecule has 0 spiro atoms. The number of benzene rings is 2. The third-order valence-corrected chi connectivity index (χ3v) is 3.19. The molecule has 0 fully saturated rings. The SMILES string of the molecule is O=C1NC(c2ccc(OC(F)(F)F)cc2)Nc2ccccc21. The van der Waals surface area contributed by atoms with Crippen molar-refractivity contribution in [3.8, 4) is 5.75 Å². The van der Waals surface area contributed by atoms with Gasteiger partial charge >= 0.3 is 6.36 Å². The van der Waals surface area contributed by atoms with Crippen LogP contribution in [0, 0.1) is 0 Å². The molecule has 1 aliphatic rings. The number of carbonyl (C=O) groups excluding carboxylic acids is 1. The first-order valence-electron chi connectivity index (χ1n) is 6.44. The van der Waals surface area contributed by atoms with Gasteiger partial charge in [-0.25, -0.2) is 0 Å². The van der Waals surface area contributed by atoms with E-state index in [2.05, 4.69) is 15.4 Å². The highest BCUT2D eigenvalue weighted by atomic mass is 19.4. The molecule has 1 heterocycles. The molecule has 1 aliphatic heterocycles. The molecule has 1 unspecified atom stereocenters. The molecule has 0 aliphatic carbocycles. The van der Waals surface area contributed by atoms with E-state index in [0.717, 1.165) is 0 Å². The lowest BCUT2D eigenvalue weighted by atomic mass is 10.1. The van der Waals surface area contributed by atoms with Gasteiger partial charge in [0.05, 0.1) is 5.56 Å². The minimum atomic E-state index is -4.72. The molecule has 114 valence electrons. The minimum Gasteiger partial charge on any atom is -0.406 e. The number of anilines is 1. The normalized spacial score (nSPS) is 17.2. The Hall–Kier alpha value is -2.70. The number of ether oxygens (including phenoxy) is 1. The van der Waals surface area contributed by atoms with E-state index < -0.39 is 12.5 Å². The molecule has 7 heteroatoms. The molecule has 0 saturated carbocycles. The highest BCUT2D eigenvalue weighted by Crippen LogP contribution is 2.28. The number of para-hydroxylation sites is 1. The molecule has 2 N–H and O–H groups in total. The Morgan fingerprint density at radius 1 is 0.955 bits per heavy atom. The number of carbonyl (C=O) groups is 1. The van der Waals surface area contributed by atoms with Crippen LogP contribution < -0.4 is 15.4 Å². The van der Waals surface area contributed by atoms with Crippen molar-refractivity contribution in [1.82, 2.24) is 5.32 Å². The number of amides is 1. The Bertz CT molecular complexity index is 699. The zero-order valence-electron chi connectivity index (χ0n) is 11.1. The standard InChI is InChI=1S/C15H11F3N2O2/c16-15(17,18)22-10-7-5-9(6-8-10)13-19-12-4-2-1-3-11(12)14(21)20-13/h1-8,13,19H,(H,20,21). The van der Waals surface area contributed by atoms with Crippen LogP contribution in [0.3, 0.4) is 0 Å². The Labute approximate surface area is 123 Å². The third-order valence-electron chi connectivity index (χ3n) is 3.19. The first-order chi connectivity index (χ1) is 10.4. The molecule has 2 aromatic carbocycles. The quantitative estimate of drug-likeness (QED) is 0.893. The zero-order chi connectivity index (χ0) is 15.7. The van der Waals surface area contributed by atoms with Crippen LogP contribution in [0.2, 0.25) is 0 Å². The van der Waals surface area contributed by atoms with Crippen LogP contribution >= 0.6 is 0 Å². The maximum atomic E-state index is 12.1. The molecule has 0 radical (unpaired) electrons. The average Bonchev–Trinajstić information content (AvgIpc) is 2.46. The molecule has 22 heavy (non-hydrogen) atoms. The van der Waals surface area contributed by atoms with E-state index in [1.807, 2.05) is 0 Å². The summed E-state index contributed by atoms with van der Waals surface area (Å²) in [4.78, 5) is 12.0. The summed E-state index contributed by atoms with van der Waals surface area (Å²) in [6, 6.07) is 12.3. The van der Waals surface area contributed by atoms with Gasteiger partial charge in [0.1, 0.15) is 11.9 Å². The van der Waals surface area contributed by atoms with Gasteiger partial charge in [0, 0.05) is 5.69 Å². The van der Waals surface area contributed by atoms with Crippen molar-refractivity contribution in [2.45, 2.75) is 12.5 Å². The second kappa shape index (κ2) is 5.25. The predicted molar refractivity (Wildman–Crippen MR) is 73.4 cm³/mol. The average molecular weight is 308 g/mol. The van der Waals surface area contributed by atoms with Gasteiger partial charge in [-0.15, -0.1) is 13.2 Å². The van der Waals surface area contributed by atoms with Gasteiger partial charge in [0.25, 0.3) is 5.91 Å². The monoisotopic (exact) mass is 308 g/mol. The molecule has 0 aromatic heterocycles. The summed E-state index contributed by atoms with van der Waals surface area (Å²) < 4.78 is 40.2. The van der Waals surface area contributed by atoms with Crippen LogP contribution in [0.25, 0.3) is 0 Å². The third kappa shape index (κ3) is 2.98. The smallest absolute Gasteiger partial charge is 0.406 e. The van der Waals surface area contributed by atoms with E-state index >= 15 is 0 Å². The van der Waals surface area contributed by atoms with Crippen LogP contribution in [-0.2, 0) is 0 Å². The van der Waals surface area contributed by atoms with Crippen LogP contribution in [0.5, 0.6) is 5.75 Å². The highest BCUT2D eigenvalue weighted by Gasteiger charge is 2.31. The van der Waals surface area contributed by atoms with Gasteiger partial charge in [-0.1, -0.05) is 24.3 Å². The number of halogens is 3. The van der Waals surface area contributed by atoms with Crippen molar-refractivity contribution >= 4 is 11.6 Å². The topological polar surface area (TPSA) is 50.4 Å². The van der Waals surface area contributed by atoms with Gasteiger partial charge in [0.2, 0.25) is 0 Å². The molecule has 4 nitrogen and oxygen atoms in total. The van der Waals surface area contributed by atoms with E-state index in [-0.39, 0.29) is 11.7 Å². The number of hydrogen-bond acceptors (Lipinski definition) is 3. The van der Waals surface area contributed by atoms with Gasteiger partial charge in [0.15, 0.2) is 0 Å². The predicted octanol–water partition coefficient (Wildman–Crippen LogP) is 3.44. The Morgan fingerprint density at radius 3 is 2.32 bits per heavy atom. The van der Waals surface area contributed by atoms with E-state index in [1.165, 1.54) is 24.3 Å². The first kappa shape index (κ1) is 14.2. The molecule has 0 saturated heterocycles. The molecular formula is C15H11F3N2O2. The number of hydrogen-bond donors (Lipinski definition) is 2. The lowest BCUT2D eigenvalue weighted by Gasteiger charge is -2.28. The fraction of sp³-hybridized carbons (Fsp3) is 0.133. The summed E-state index contributed by atoms with van der Waals surface area (Å²) in [5, 5.41) is 5.86. The van der Waals surface area contributed by atoms with Gasteiger partial charge in [-0.3, -0.25) is 4.79 Å². The fourth-order valence-corrected chi connectivity index (χ4v) is 2.24. The minimum absolute atomic E-state index is 0.241. The van der Waals surface area contributed by atoms with Gasteiger partial charge < -0.3 is 15.4 Å². The van der Waals surface area contributed by atoms with Gasteiger partial charge in [-0.2, -0.15) is 0 Å². The zero-order valence-corrected chi connectivity index (χ0v) is 11.1. The summed E-state index contributed by atoms with van der Waals surface area (Å²) in [6.07, 6.45) is -5.24. The molecule has 2 aromatic rings. The summed E-state index contributed by atoms with van der Waals surface area (Å²) in [5.41, 5.74) is 1.82. The van der Waals surface area contributed by atoms with E-state index in [1.54, 1.807) is 24.3 Å². The van der Waals surface area contributed by atoms with Crippen molar-refractivity contribution in [3.05, 3.63) is 59.7 Å². The Kier molecular flexibility index (Phi) is 3.40. The van der Waals surface area contributed by atoms with Crippen molar-refractivity contribution in [3.63, 3.8) is 0 Å². The van der Waals surface area contributed by atoms with Crippen LogP contribution in [-0.4, -0.2) is 12.3 Å². The maximum Gasteiger partial charge on any atom is 0.573 e. The van der Waals surface area contributed by atoms with Crippen molar-refractivity contribution < 1.29 is 22.7 Å². The van der Waals surface area contributed by atoms with E-state index in [4.69, 9.17) is 0 Å². The summed E-state index contributed by atoms with van der Waals surface area (Å²) in [7, 11) is 0. The van der Waals surface area contributed by atoms with Crippen LogP contribution in [0.1, 0.15) is 22.1 Å². The van der Waals surface area contributed by atoms with Crippen molar-refractivity contribution in [2.24, 2.45) is 0 Å². The van der Waals surface area contributed by atoms with E-state index in [9.17, 15) is 18.0 Å². The van der Waals surface area contributed by atoms with Gasteiger partial charge in [-0.05, 0) is 29.8 Å². The summed E-state index contributed by atoms with van der Waals surface area (Å²) >= 11 is 0. The molecule has 3 rings (SSSR count). The summed E-state index contributed by atoms with van der Waals surface area (Å²) in [5.74, 6) is -0.547. The first-order valence-corrected chi connectivity index (χ1v) is 6.44. The largest absolute Gasteiger partial charge is 0.573 e. The van der Waals surface area contributed by atoms with Crippen molar-refractivity contribution in [1.29, 1.82) is 0 Å². The summed E-state index contributed by atoms with van der Waals surface area (Å²) in [6.45, 7) is 0. The molecule has 1 atom stereocenters. The van der Waals surface area contributed by atoms with E-state index in [0.29, 0.717) is 16.8 Å². The van der Waals surface area contributed by atoms with Crippen molar-refractivity contribution in [2.75, 3.05) is 5.32 Å². The fourth-order valence-electron chi connectivity index (χ4n) is 2.24. The molecular weight excluding hydrogens is 297 g/mol. The maximum absolute atomic E-state index is 12.1.